The second kappa shape index (κ2) is 6.18. The first-order chi connectivity index (χ1) is 9.91. The molecule has 2 aromatic rings. The highest BCUT2D eigenvalue weighted by Gasteiger charge is 2.34. The summed E-state index contributed by atoms with van der Waals surface area (Å²) in [6.45, 7) is 1.84. The Labute approximate surface area is 120 Å². The number of ether oxygens (including phenoxy) is 1. The van der Waals surface area contributed by atoms with E-state index >= 15 is 0 Å². The maximum Gasteiger partial charge on any atom is 0.419 e. The van der Waals surface area contributed by atoms with E-state index in [-0.39, 0.29) is 5.75 Å². The molecule has 0 heterocycles. The number of benzene rings is 2. The molecule has 1 atom stereocenters. The average Bonchev–Trinajstić information content (AvgIpc) is 2.47. The Bertz CT molecular complexity index is 591. The normalized spacial score (nSPS) is 13.0. The summed E-state index contributed by atoms with van der Waals surface area (Å²) in [5.74, 6) is 0.0487. The molecule has 2 rings (SSSR count). The fraction of sp³-hybridized carbons (Fsp3) is 0.250. The second-order valence-corrected chi connectivity index (χ2v) is 4.59. The largest absolute Gasteiger partial charge is 0.457 e. The minimum absolute atomic E-state index is 0.242. The molecule has 112 valence electrons. The molecule has 0 bridgehead atoms. The van der Waals surface area contributed by atoms with Gasteiger partial charge in [0.05, 0.1) is 11.7 Å². The second-order valence-electron chi connectivity index (χ2n) is 4.59. The maximum atomic E-state index is 12.9. The molecule has 0 fully saturated rings. The van der Waals surface area contributed by atoms with Crippen molar-refractivity contribution in [2.45, 2.75) is 25.6 Å². The Balaban J connectivity index is 2.23. The summed E-state index contributed by atoms with van der Waals surface area (Å²) in [6.07, 6.45) is -4.48. The van der Waals surface area contributed by atoms with E-state index in [1.165, 1.54) is 18.2 Å². The molecule has 0 spiro atoms. The summed E-state index contributed by atoms with van der Waals surface area (Å²) < 4.78 is 43.9. The first-order valence-electron chi connectivity index (χ1n) is 6.54. The van der Waals surface area contributed by atoms with Crippen molar-refractivity contribution < 1.29 is 23.0 Å². The molecule has 2 nitrogen and oxygen atoms in total. The Morgan fingerprint density at radius 1 is 1.05 bits per heavy atom. The van der Waals surface area contributed by atoms with Gasteiger partial charge in [-0.25, -0.2) is 0 Å². The van der Waals surface area contributed by atoms with Gasteiger partial charge in [-0.15, -0.1) is 0 Å². The topological polar surface area (TPSA) is 29.5 Å². The highest BCUT2D eigenvalue weighted by Crippen LogP contribution is 2.37. The zero-order valence-corrected chi connectivity index (χ0v) is 11.4. The summed E-state index contributed by atoms with van der Waals surface area (Å²) >= 11 is 0. The van der Waals surface area contributed by atoms with Crippen molar-refractivity contribution in [3.8, 4) is 11.5 Å². The van der Waals surface area contributed by atoms with Crippen LogP contribution in [0.1, 0.15) is 30.6 Å². The lowest BCUT2D eigenvalue weighted by Gasteiger charge is -2.14. The lowest BCUT2D eigenvalue weighted by Crippen LogP contribution is -2.06. The van der Waals surface area contributed by atoms with Crippen molar-refractivity contribution >= 4 is 0 Å². The Morgan fingerprint density at radius 3 is 2.24 bits per heavy atom. The molecule has 0 aromatic heterocycles. The molecule has 2 aromatic carbocycles. The van der Waals surface area contributed by atoms with Gasteiger partial charge in [0.2, 0.25) is 0 Å². The molecule has 21 heavy (non-hydrogen) atoms. The zero-order valence-electron chi connectivity index (χ0n) is 11.4. The third kappa shape index (κ3) is 3.76. The van der Waals surface area contributed by atoms with Crippen molar-refractivity contribution in [1.29, 1.82) is 0 Å². The van der Waals surface area contributed by atoms with Crippen molar-refractivity contribution in [3.63, 3.8) is 0 Å². The molecule has 0 aliphatic rings. The number of hydrogen-bond acceptors (Lipinski definition) is 2. The van der Waals surface area contributed by atoms with Gasteiger partial charge < -0.3 is 9.84 Å². The van der Waals surface area contributed by atoms with Crippen molar-refractivity contribution in [1.82, 2.24) is 0 Å². The lowest BCUT2D eigenvalue weighted by molar-refractivity contribution is -0.138. The third-order valence-electron chi connectivity index (χ3n) is 3.07. The number of hydrogen-bond donors (Lipinski definition) is 1. The SMILES string of the molecule is CC[C@@H](O)c1ccc(Oc2ccccc2C(F)(F)F)cc1. The van der Waals surface area contributed by atoms with Crippen molar-refractivity contribution in [3.05, 3.63) is 59.7 Å². The number of alkyl halides is 3. The molecule has 0 radical (unpaired) electrons. The fourth-order valence-corrected chi connectivity index (χ4v) is 1.91. The van der Waals surface area contributed by atoms with Gasteiger partial charge in [0.1, 0.15) is 11.5 Å². The van der Waals surface area contributed by atoms with Gasteiger partial charge >= 0.3 is 6.18 Å². The van der Waals surface area contributed by atoms with Crippen LogP contribution in [0.3, 0.4) is 0 Å². The van der Waals surface area contributed by atoms with E-state index < -0.39 is 17.8 Å². The van der Waals surface area contributed by atoms with Crippen LogP contribution in [0, 0.1) is 0 Å². The number of aliphatic hydroxyl groups excluding tert-OH is 1. The Morgan fingerprint density at radius 2 is 1.67 bits per heavy atom. The summed E-state index contributed by atoms with van der Waals surface area (Å²) in [4.78, 5) is 0. The number of para-hydroxylation sites is 1. The minimum atomic E-state index is -4.46. The van der Waals surface area contributed by atoms with Crippen LogP contribution in [0.2, 0.25) is 0 Å². The number of aliphatic hydroxyl groups is 1. The predicted molar refractivity (Wildman–Crippen MR) is 73.2 cm³/mol. The maximum absolute atomic E-state index is 12.9. The van der Waals surface area contributed by atoms with Crippen LogP contribution < -0.4 is 4.74 Å². The standard InChI is InChI=1S/C16H15F3O2/c1-2-14(20)11-7-9-12(10-8-11)21-15-6-4-3-5-13(15)16(17,18)19/h3-10,14,20H,2H2,1H3/t14-/m1/s1. The summed E-state index contributed by atoms with van der Waals surface area (Å²) in [5, 5.41) is 9.67. The van der Waals surface area contributed by atoms with Gasteiger partial charge in [-0.1, -0.05) is 31.2 Å². The van der Waals surface area contributed by atoms with E-state index in [9.17, 15) is 18.3 Å². The van der Waals surface area contributed by atoms with Crippen LogP contribution in [-0.2, 0) is 6.18 Å². The van der Waals surface area contributed by atoms with Gasteiger partial charge in [-0.2, -0.15) is 13.2 Å². The van der Waals surface area contributed by atoms with E-state index in [0.717, 1.165) is 6.07 Å². The van der Waals surface area contributed by atoms with Crippen LogP contribution in [-0.4, -0.2) is 5.11 Å². The lowest BCUT2D eigenvalue weighted by atomic mass is 10.1. The predicted octanol–water partition coefficient (Wildman–Crippen LogP) is 4.94. The van der Waals surface area contributed by atoms with Crippen LogP contribution >= 0.6 is 0 Å². The third-order valence-corrected chi connectivity index (χ3v) is 3.07. The smallest absolute Gasteiger partial charge is 0.419 e. The highest BCUT2D eigenvalue weighted by atomic mass is 19.4. The molecule has 0 unspecified atom stereocenters. The first-order valence-corrected chi connectivity index (χ1v) is 6.54. The van der Waals surface area contributed by atoms with E-state index in [4.69, 9.17) is 4.74 Å². The van der Waals surface area contributed by atoms with Crippen LogP contribution in [0.4, 0.5) is 13.2 Å². The Kier molecular flexibility index (Phi) is 4.53. The van der Waals surface area contributed by atoms with Crippen LogP contribution in [0.5, 0.6) is 11.5 Å². The van der Waals surface area contributed by atoms with Crippen LogP contribution in [0.15, 0.2) is 48.5 Å². The average molecular weight is 296 g/mol. The number of rotatable bonds is 4. The van der Waals surface area contributed by atoms with Crippen LogP contribution in [0.25, 0.3) is 0 Å². The van der Waals surface area contributed by atoms with Gasteiger partial charge in [0.15, 0.2) is 0 Å². The first kappa shape index (κ1) is 15.4. The zero-order chi connectivity index (χ0) is 15.5. The van der Waals surface area contributed by atoms with Gasteiger partial charge in [-0.3, -0.25) is 0 Å². The van der Waals surface area contributed by atoms with E-state index in [1.54, 1.807) is 24.3 Å². The molecular weight excluding hydrogens is 281 g/mol. The van der Waals surface area contributed by atoms with Gasteiger partial charge in [-0.05, 0) is 36.2 Å². The fourth-order valence-electron chi connectivity index (χ4n) is 1.91. The van der Waals surface area contributed by atoms with Gasteiger partial charge in [0.25, 0.3) is 0 Å². The molecule has 0 aliphatic heterocycles. The van der Waals surface area contributed by atoms with Crippen molar-refractivity contribution in [2.75, 3.05) is 0 Å². The monoisotopic (exact) mass is 296 g/mol. The highest BCUT2D eigenvalue weighted by molar-refractivity contribution is 5.40. The quantitative estimate of drug-likeness (QED) is 0.865. The van der Waals surface area contributed by atoms with Gasteiger partial charge in [0, 0.05) is 0 Å². The van der Waals surface area contributed by atoms with E-state index in [0.29, 0.717) is 17.7 Å². The van der Waals surface area contributed by atoms with Crippen molar-refractivity contribution in [2.24, 2.45) is 0 Å². The molecule has 0 saturated carbocycles. The minimum Gasteiger partial charge on any atom is -0.457 e. The molecule has 0 aliphatic carbocycles. The van der Waals surface area contributed by atoms with E-state index in [1.807, 2.05) is 6.92 Å². The molecule has 0 saturated heterocycles. The molecule has 5 heteroatoms. The summed E-state index contributed by atoms with van der Waals surface area (Å²) in [6, 6.07) is 11.4. The Hall–Kier alpha value is -2.01. The summed E-state index contributed by atoms with van der Waals surface area (Å²) in [5.41, 5.74) is -0.114. The number of halogens is 3. The molecular formula is C16H15F3O2. The summed E-state index contributed by atoms with van der Waals surface area (Å²) in [7, 11) is 0. The molecule has 0 amide bonds. The van der Waals surface area contributed by atoms with E-state index in [2.05, 4.69) is 0 Å². The molecule has 1 N–H and O–H groups in total.